The van der Waals surface area contributed by atoms with Gasteiger partial charge in [0.1, 0.15) is 11.0 Å². The zero-order valence-electron chi connectivity index (χ0n) is 12.6. The summed E-state index contributed by atoms with van der Waals surface area (Å²) in [6.45, 7) is 8.02. The lowest BCUT2D eigenvalue weighted by Crippen LogP contribution is -2.17. The van der Waals surface area contributed by atoms with E-state index >= 15 is 0 Å². The fraction of sp³-hybridized carbons (Fsp3) is 0.400. The summed E-state index contributed by atoms with van der Waals surface area (Å²) in [5.74, 6) is 0.647. The molecule has 0 aliphatic carbocycles. The number of amides is 1. The maximum absolute atomic E-state index is 12.4. The SMILES string of the molecule is CC(C)c1cc(C(=O)Nc2ccnn2C(C)C)cc(Cl)n1. The topological polar surface area (TPSA) is 59.8 Å². The second-order valence-corrected chi connectivity index (χ2v) is 5.85. The quantitative estimate of drug-likeness (QED) is 0.872. The van der Waals surface area contributed by atoms with Gasteiger partial charge in [-0.1, -0.05) is 25.4 Å². The molecule has 2 heterocycles. The lowest BCUT2D eigenvalue weighted by Gasteiger charge is -2.12. The predicted molar refractivity (Wildman–Crippen MR) is 83.9 cm³/mol. The number of hydrogen-bond donors (Lipinski definition) is 1. The molecule has 0 radical (unpaired) electrons. The number of carbonyl (C=O) groups is 1. The lowest BCUT2D eigenvalue weighted by atomic mass is 10.1. The van der Waals surface area contributed by atoms with Crippen molar-refractivity contribution in [3.63, 3.8) is 0 Å². The summed E-state index contributed by atoms with van der Waals surface area (Å²) >= 11 is 5.99. The van der Waals surface area contributed by atoms with Gasteiger partial charge in [0.2, 0.25) is 0 Å². The molecule has 112 valence electrons. The van der Waals surface area contributed by atoms with E-state index < -0.39 is 0 Å². The molecule has 0 saturated heterocycles. The van der Waals surface area contributed by atoms with Gasteiger partial charge in [0, 0.05) is 23.4 Å². The van der Waals surface area contributed by atoms with Crippen LogP contribution >= 0.6 is 11.6 Å². The highest BCUT2D eigenvalue weighted by Crippen LogP contribution is 2.19. The van der Waals surface area contributed by atoms with Gasteiger partial charge in [-0.3, -0.25) is 4.79 Å². The van der Waals surface area contributed by atoms with Crippen molar-refractivity contribution in [1.29, 1.82) is 0 Å². The number of hydrogen-bond acceptors (Lipinski definition) is 3. The van der Waals surface area contributed by atoms with E-state index in [0.29, 0.717) is 16.5 Å². The van der Waals surface area contributed by atoms with Crippen LogP contribution in [-0.4, -0.2) is 20.7 Å². The molecule has 0 aliphatic heterocycles. The van der Waals surface area contributed by atoms with Gasteiger partial charge in [0.15, 0.2) is 0 Å². The van der Waals surface area contributed by atoms with Crippen molar-refractivity contribution >= 4 is 23.3 Å². The summed E-state index contributed by atoms with van der Waals surface area (Å²) in [5, 5.41) is 7.37. The molecular weight excluding hydrogens is 288 g/mol. The van der Waals surface area contributed by atoms with Crippen LogP contribution < -0.4 is 5.32 Å². The summed E-state index contributed by atoms with van der Waals surface area (Å²) in [5.41, 5.74) is 1.29. The minimum atomic E-state index is -0.219. The highest BCUT2D eigenvalue weighted by Gasteiger charge is 2.14. The number of anilines is 1. The van der Waals surface area contributed by atoms with Crippen molar-refractivity contribution in [1.82, 2.24) is 14.8 Å². The summed E-state index contributed by atoms with van der Waals surface area (Å²) in [7, 11) is 0. The largest absolute Gasteiger partial charge is 0.307 e. The van der Waals surface area contributed by atoms with Gasteiger partial charge in [0.25, 0.3) is 5.91 Å². The Hall–Kier alpha value is -1.88. The van der Waals surface area contributed by atoms with E-state index in [9.17, 15) is 4.79 Å². The van der Waals surface area contributed by atoms with Gasteiger partial charge in [-0.15, -0.1) is 0 Å². The summed E-state index contributed by atoms with van der Waals surface area (Å²) in [4.78, 5) is 16.6. The predicted octanol–water partition coefficient (Wildman–Crippen LogP) is 3.89. The zero-order chi connectivity index (χ0) is 15.6. The third kappa shape index (κ3) is 3.61. The van der Waals surface area contributed by atoms with Crippen LogP contribution in [0.1, 0.15) is 55.7 Å². The van der Waals surface area contributed by atoms with Crippen LogP contribution in [0.15, 0.2) is 24.4 Å². The normalized spacial score (nSPS) is 11.2. The number of nitrogens with zero attached hydrogens (tertiary/aromatic N) is 3. The van der Waals surface area contributed by atoms with Crippen molar-refractivity contribution in [2.24, 2.45) is 0 Å². The average Bonchev–Trinajstić information content (AvgIpc) is 2.86. The average molecular weight is 307 g/mol. The molecule has 0 aliphatic rings. The minimum absolute atomic E-state index is 0.169. The smallest absolute Gasteiger partial charge is 0.256 e. The Morgan fingerprint density at radius 3 is 2.62 bits per heavy atom. The highest BCUT2D eigenvalue weighted by atomic mass is 35.5. The van der Waals surface area contributed by atoms with Crippen LogP contribution in [0.5, 0.6) is 0 Å². The second-order valence-electron chi connectivity index (χ2n) is 5.47. The summed E-state index contributed by atoms with van der Waals surface area (Å²) in [6.07, 6.45) is 1.66. The van der Waals surface area contributed by atoms with E-state index in [-0.39, 0.29) is 17.9 Å². The molecule has 0 atom stereocenters. The Morgan fingerprint density at radius 2 is 2.00 bits per heavy atom. The first-order valence-corrected chi connectivity index (χ1v) is 7.28. The number of aromatic nitrogens is 3. The van der Waals surface area contributed by atoms with Gasteiger partial charge < -0.3 is 5.32 Å². The minimum Gasteiger partial charge on any atom is -0.307 e. The lowest BCUT2D eigenvalue weighted by molar-refractivity contribution is 0.102. The van der Waals surface area contributed by atoms with E-state index in [2.05, 4.69) is 15.4 Å². The molecule has 6 heteroatoms. The summed E-state index contributed by atoms with van der Waals surface area (Å²) in [6, 6.07) is 5.27. The first-order valence-electron chi connectivity index (χ1n) is 6.91. The van der Waals surface area contributed by atoms with Crippen molar-refractivity contribution in [2.45, 2.75) is 39.7 Å². The summed E-state index contributed by atoms with van der Waals surface area (Å²) < 4.78 is 1.75. The monoisotopic (exact) mass is 306 g/mol. The molecule has 1 amide bonds. The fourth-order valence-corrected chi connectivity index (χ4v) is 2.17. The number of rotatable bonds is 4. The Labute approximate surface area is 129 Å². The molecule has 0 aromatic carbocycles. The molecule has 0 bridgehead atoms. The molecule has 0 fully saturated rings. The van der Waals surface area contributed by atoms with Crippen LogP contribution in [-0.2, 0) is 0 Å². The fourth-order valence-electron chi connectivity index (χ4n) is 1.96. The molecule has 2 aromatic rings. The Balaban J connectivity index is 2.26. The molecule has 2 aromatic heterocycles. The van der Waals surface area contributed by atoms with Crippen LogP contribution in [0.25, 0.3) is 0 Å². The van der Waals surface area contributed by atoms with Crippen molar-refractivity contribution < 1.29 is 4.79 Å². The molecular formula is C15H19ClN4O. The van der Waals surface area contributed by atoms with Gasteiger partial charge >= 0.3 is 0 Å². The van der Waals surface area contributed by atoms with Crippen LogP contribution in [0.4, 0.5) is 5.82 Å². The number of halogens is 1. The van der Waals surface area contributed by atoms with Crippen molar-refractivity contribution in [3.8, 4) is 0 Å². The molecule has 0 unspecified atom stereocenters. The van der Waals surface area contributed by atoms with E-state index in [0.717, 1.165) is 5.69 Å². The Kier molecular flexibility index (Phi) is 4.63. The molecule has 0 saturated carbocycles. The van der Waals surface area contributed by atoms with E-state index in [1.54, 1.807) is 29.1 Å². The highest BCUT2D eigenvalue weighted by molar-refractivity contribution is 6.29. The Morgan fingerprint density at radius 1 is 1.29 bits per heavy atom. The van der Waals surface area contributed by atoms with Crippen LogP contribution in [0.2, 0.25) is 5.15 Å². The van der Waals surface area contributed by atoms with E-state index in [1.165, 1.54) is 0 Å². The number of carbonyl (C=O) groups excluding carboxylic acids is 1. The Bertz CT molecular complexity index is 649. The molecule has 2 rings (SSSR count). The van der Waals surface area contributed by atoms with E-state index in [4.69, 9.17) is 11.6 Å². The maximum Gasteiger partial charge on any atom is 0.256 e. The molecule has 5 nitrogen and oxygen atoms in total. The third-order valence-corrected chi connectivity index (χ3v) is 3.26. The van der Waals surface area contributed by atoms with Gasteiger partial charge in [-0.05, 0) is 31.9 Å². The maximum atomic E-state index is 12.4. The van der Waals surface area contributed by atoms with Crippen LogP contribution in [0.3, 0.4) is 0 Å². The first-order chi connectivity index (χ1) is 9.88. The van der Waals surface area contributed by atoms with Crippen molar-refractivity contribution in [2.75, 3.05) is 5.32 Å². The number of nitrogens with one attached hydrogen (secondary N) is 1. The number of pyridine rings is 1. The molecule has 0 spiro atoms. The zero-order valence-corrected chi connectivity index (χ0v) is 13.3. The van der Waals surface area contributed by atoms with Gasteiger partial charge in [-0.2, -0.15) is 5.10 Å². The van der Waals surface area contributed by atoms with Crippen molar-refractivity contribution in [3.05, 3.63) is 40.8 Å². The third-order valence-electron chi connectivity index (χ3n) is 3.07. The molecule has 21 heavy (non-hydrogen) atoms. The first kappa shape index (κ1) is 15.5. The van der Waals surface area contributed by atoms with Gasteiger partial charge in [-0.25, -0.2) is 9.67 Å². The second kappa shape index (κ2) is 6.26. The van der Waals surface area contributed by atoms with Gasteiger partial charge in [0.05, 0.1) is 6.20 Å². The standard InChI is InChI=1S/C15H19ClN4O/c1-9(2)12-7-11(8-13(16)18-12)15(21)19-14-5-6-17-20(14)10(3)4/h5-10H,1-4H3,(H,19,21). The molecule has 1 N–H and O–H groups in total. The van der Waals surface area contributed by atoms with E-state index in [1.807, 2.05) is 27.7 Å². The van der Waals surface area contributed by atoms with Crippen LogP contribution in [0, 0.1) is 0 Å².